The molecule has 0 saturated heterocycles. The molecule has 0 rings (SSSR count). The van der Waals surface area contributed by atoms with Crippen LogP contribution in [0.3, 0.4) is 0 Å². The molecular weight excluding hydrogens is 143 g/mol. The normalized spacial score (nSPS) is 12.7. The van der Waals surface area contributed by atoms with Crippen molar-refractivity contribution in [1.29, 1.82) is 0 Å². The third kappa shape index (κ3) is 4.17. The summed E-state index contributed by atoms with van der Waals surface area (Å²) in [6.07, 6.45) is -4.92. The van der Waals surface area contributed by atoms with Gasteiger partial charge in [0.05, 0.1) is 6.42 Å². The molecule has 0 atom stereocenters. The minimum Gasteiger partial charge on any atom is -0.237 e. The molecular formula is C4H4F5. The topological polar surface area (TPSA) is 0 Å². The van der Waals surface area contributed by atoms with E-state index in [1.165, 1.54) is 0 Å². The van der Waals surface area contributed by atoms with Crippen molar-refractivity contribution in [2.24, 2.45) is 0 Å². The second kappa shape index (κ2) is 2.98. The number of hydrogen-bond acceptors (Lipinski definition) is 0. The minimum atomic E-state index is -3.98. The van der Waals surface area contributed by atoms with Gasteiger partial charge in [-0.15, -0.1) is 0 Å². The minimum absolute atomic E-state index is 1.03. The second-order valence-corrected chi connectivity index (χ2v) is 1.47. The van der Waals surface area contributed by atoms with Crippen LogP contribution in [0, 0.1) is 6.67 Å². The van der Waals surface area contributed by atoms with Gasteiger partial charge in [-0.05, 0) is 0 Å². The lowest BCUT2D eigenvalue weighted by molar-refractivity contribution is -0.0436. The number of alkyl halides is 4. The van der Waals surface area contributed by atoms with Crippen LogP contribution in [0.15, 0.2) is 0 Å². The van der Waals surface area contributed by atoms with Crippen LogP contribution >= 0.6 is 0 Å². The molecule has 0 spiro atoms. The summed E-state index contributed by atoms with van der Waals surface area (Å²) in [7, 11) is 0. The molecule has 0 bridgehead atoms. The Kier molecular flexibility index (Phi) is 2.87. The summed E-state index contributed by atoms with van der Waals surface area (Å²) in [6, 6.07) is 0. The molecule has 9 heavy (non-hydrogen) atoms. The fourth-order valence-corrected chi connectivity index (χ4v) is 0.250. The monoisotopic (exact) mass is 147 g/mol. The molecule has 0 N–H and O–H groups in total. The van der Waals surface area contributed by atoms with Crippen molar-refractivity contribution in [3.8, 4) is 0 Å². The molecule has 0 nitrogen and oxygen atoms in total. The Labute approximate surface area is 48.7 Å². The molecule has 55 valence electrons. The number of hydrogen-bond donors (Lipinski definition) is 0. The van der Waals surface area contributed by atoms with Crippen LogP contribution < -0.4 is 0 Å². The fourth-order valence-electron chi connectivity index (χ4n) is 0.250. The van der Waals surface area contributed by atoms with Crippen LogP contribution in [-0.4, -0.2) is 12.3 Å². The Balaban J connectivity index is 3.58. The highest BCUT2D eigenvalue weighted by Gasteiger charge is 2.33. The van der Waals surface area contributed by atoms with Crippen LogP contribution in [0.2, 0.25) is 0 Å². The maximum absolute atomic E-state index is 11.5. The molecule has 0 saturated carbocycles. The summed E-state index contributed by atoms with van der Waals surface area (Å²) < 4.78 is 56.0. The van der Waals surface area contributed by atoms with Gasteiger partial charge in [0.15, 0.2) is 0 Å². The molecule has 0 aromatic rings. The summed E-state index contributed by atoms with van der Waals surface area (Å²) in [5, 5.41) is 0. The van der Waals surface area contributed by atoms with Crippen molar-refractivity contribution < 1.29 is 22.0 Å². The van der Waals surface area contributed by atoms with Crippen molar-refractivity contribution >= 4 is 0 Å². The van der Waals surface area contributed by atoms with E-state index in [0.717, 1.165) is 0 Å². The molecule has 0 aliphatic carbocycles. The lowest BCUT2D eigenvalue weighted by atomic mass is 10.3. The fraction of sp³-hybridized carbons (Fsp3) is 0.750. The lowest BCUT2D eigenvalue weighted by Crippen LogP contribution is -2.18. The van der Waals surface area contributed by atoms with Gasteiger partial charge < -0.3 is 0 Å². The van der Waals surface area contributed by atoms with Crippen molar-refractivity contribution in [2.75, 3.05) is 0 Å². The van der Waals surface area contributed by atoms with E-state index in [4.69, 9.17) is 0 Å². The van der Waals surface area contributed by atoms with Crippen LogP contribution in [-0.2, 0) is 0 Å². The lowest BCUT2D eigenvalue weighted by Gasteiger charge is -2.08. The third-order valence-corrected chi connectivity index (χ3v) is 0.586. The first kappa shape index (κ1) is 8.65. The molecule has 0 aliphatic heterocycles. The third-order valence-electron chi connectivity index (χ3n) is 0.586. The quantitative estimate of drug-likeness (QED) is 0.537. The molecule has 0 unspecified atom stereocenters. The molecule has 5 heteroatoms. The molecule has 0 aromatic carbocycles. The van der Waals surface area contributed by atoms with Gasteiger partial charge in [0.25, 0.3) is 5.92 Å². The van der Waals surface area contributed by atoms with E-state index in [1.54, 1.807) is 0 Å². The van der Waals surface area contributed by atoms with Crippen LogP contribution in [0.4, 0.5) is 22.0 Å². The molecule has 0 amide bonds. The largest absolute Gasteiger partial charge is 0.287 e. The average Bonchev–Trinajstić information content (AvgIpc) is 1.63. The Hall–Kier alpha value is -0.350. The Morgan fingerprint density at radius 3 is 1.89 bits per heavy atom. The van der Waals surface area contributed by atoms with Crippen LogP contribution in [0.25, 0.3) is 0 Å². The standard InChI is InChI=1S/C4H4F5/c5-2-4(8,9)1-3(6)7/h2-3H,1H2. The van der Waals surface area contributed by atoms with Crippen molar-refractivity contribution in [2.45, 2.75) is 18.8 Å². The van der Waals surface area contributed by atoms with E-state index in [2.05, 4.69) is 0 Å². The first-order valence-corrected chi connectivity index (χ1v) is 2.08. The molecule has 0 aliphatic rings. The zero-order valence-corrected chi connectivity index (χ0v) is 4.25. The van der Waals surface area contributed by atoms with Gasteiger partial charge in [-0.1, -0.05) is 0 Å². The van der Waals surface area contributed by atoms with Crippen molar-refractivity contribution in [3.05, 3.63) is 6.67 Å². The Morgan fingerprint density at radius 2 is 1.78 bits per heavy atom. The average molecular weight is 147 g/mol. The van der Waals surface area contributed by atoms with Crippen molar-refractivity contribution in [1.82, 2.24) is 0 Å². The van der Waals surface area contributed by atoms with E-state index >= 15 is 0 Å². The molecule has 0 aromatic heterocycles. The predicted molar refractivity (Wildman–Crippen MR) is 21.0 cm³/mol. The molecule has 0 fully saturated rings. The highest BCUT2D eigenvalue weighted by molar-refractivity contribution is 4.74. The number of halogens is 5. The van der Waals surface area contributed by atoms with E-state index < -0.39 is 25.4 Å². The molecule has 0 heterocycles. The van der Waals surface area contributed by atoms with E-state index in [1.807, 2.05) is 0 Å². The zero-order valence-electron chi connectivity index (χ0n) is 4.25. The molecule has 1 radical (unpaired) electrons. The first-order valence-electron chi connectivity index (χ1n) is 2.08. The predicted octanol–water partition coefficient (Wildman–Crippen LogP) is 2.41. The summed E-state index contributed by atoms with van der Waals surface area (Å²) in [5.74, 6) is -3.98. The van der Waals surface area contributed by atoms with Gasteiger partial charge in [-0.25, -0.2) is 22.0 Å². The van der Waals surface area contributed by atoms with Gasteiger partial charge in [0.2, 0.25) is 13.1 Å². The van der Waals surface area contributed by atoms with Gasteiger partial charge in [0.1, 0.15) is 0 Å². The maximum atomic E-state index is 11.5. The van der Waals surface area contributed by atoms with Crippen LogP contribution in [0.5, 0.6) is 0 Å². The maximum Gasteiger partial charge on any atom is 0.287 e. The highest BCUT2D eigenvalue weighted by atomic mass is 19.3. The summed E-state index contributed by atoms with van der Waals surface area (Å²) in [6.45, 7) is -1.03. The van der Waals surface area contributed by atoms with E-state index in [9.17, 15) is 22.0 Å². The summed E-state index contributed by atoms with van der Waals surface area (Å²) in [5.41, 5.74) is 0. The smallest absolute Gasteiger partial charge is 0.237 e. The zero-order chi connectivity index (χ0) is 7.49. The van der Waals surface area contributed by atoms with E-state index in [-0.39, 0.29) is 0 Å². The Bertz CT molecular complexity index is 79.0. The SMILES string of the molecule is F[CH]C(F)(F)CC(F)F. The van der Waals surface area contributed by atoms with Crippen LogP contribution in [0.1, 0.15) is 6.42 Å². The van der Waals surface area contributed by atoms with E-state index in [0.29, 0.717) is 0 Å². The van der Waals surface area contributed by atoms with Gasteiger partial charge in [0, 0.05) is 0 Å². The summed E-state index contributed by atoms with van der Waals surface area (Å²) in [4.78, 5) is 0. The number of rotatable bonds is 3. The second-order valence-electron chi connectivity index (χ2n) is 1.47. The summed E-state index contributed by atoms with van der Waals surface area (Å²) >= 11 is 0. The van der Waals surface area contributed by atoms with Gasteiger partial charge >= 0.3 is 0 Å². The Morgan fingerprint density at radius 1 is 1.33 bits per heavy atom. The highest BCUT2D eigenvalue weighted by Crippen LogP contribution is 2.25. The van der Waals surface area contributed by atoms with Gasteiger partial charge in [-0.2, -0.15) is 0 Å². The first-order chi connectivity index (χ1) is 3.98. The van der Waals surface area contributed by atoms with Gasteiger partial charge in [-0.3, -0.25) is 0 Å². The van der Waals surface area contributed by atoms with Crippen molar-refractivity contribution in [3.63, 3.8) is 0 Å².